The Morgan fingerprint density at radius 2 is 1.83 bits per heavy atom. The molecule has 29 heavy (non-hydrogen) atoms. The molecule has 0 bridgehead atoms. The summed E-state index contributed by atoms with van der Waals surface area (Å²) in [5, 5.41) is 5.44. The fraction of sp³-hybridized carbons (Fsp3) is 0.250. The van der Waals surface area contributed by atoms with Crippen LogP contribution < -0.4 is 15.5 Å². The van der Waals surface area contributed by atoms with Gasteiger partial charge in [-0.1, -0.05) is 17.7 Å². The van der Waals surface area contributed by atoms with Gasteiger partial charge >= 0.3 is 0 Å². The van der Waals surface area contributed by atoms with E-state index >= 15 is 0 Å². The highest BCUT2D eigenvalue weighted by molar-refractivity contribution is 6.30. The summed E-state index contributed by atoms with van der Waals surface area (Å²) < 4.78 is 26.8. The zero-order valence-corrected chi connectivity index (χ0v) is 16.2. The Kier molecular flexibility index (Phi) is 6.12. The summed E-state index contributed by atoms with van der Waals surface area (Å²) in [5.41, 5.74) is 0.702. The second-order valence-corrected chi connectivity index (χ2v) is 7.05. The van der Waals surface area contributed by atoms with Crippen molar-refractivity contribution in [3.05, 3.63) is 64.7 Å². The number of halogens is 3. The van der Waals surface area contributed by atoms with Gasteiger partial charge in [0.25, 0.3) is 0 Å². The number of anilines is 1. The maximum atomic E-state index is 13.6. The molecule has 0 spiro atoms. The minimum atomic E-state index is -1.22. The molecule has 1 saturated heterocycles. The van der Waals surface area contributed by atoms with Crippen molar-refractivity contribution in [1.82, 2.24) is 10.6 Å². The number of likely N-dealkylation sites (N-methyl/N-ethyl adjacent to an activating group) is 1. The Morgan fingerprint density at radius 3 is 2.45 bits per heavy atom. The van der Waals surface area contributed by atoms with Crippen LogP contribution in [0, 0.1) is 17.6 Å². The average molecular weight is 422 g/mol. The third-order valence-corrected chi connectivity index (χ3v) is 4.96. The zero-order chi connectivity index (χ0) is 21.1. The van der Waals surface area contributed by atoms with Gasteiger partial charge in [-0.2, -0.15) is 0 Å². The maximum Gasteiger partial charge on any atom is 0.246 e. The topological polar surface area (TPSA) is 78.5 Å². The molecule has 2 atom stereocenters. The van der Waals surface area contributed by atoms with Crippen molar-refractivity contribution in [3.8, 4) is 0 Å². The number of hydrogen-bond donors (Lipinski definition) is 2. The molecular weight excluding hydrogens is 404 g/mol. The molecule has 0 aromatic heterocycles. The van der Waals surface area contributed by atoms with E-state index in [2.05, 4.69) is 10.6 Å². The quantitative estimate of drug-likeness (QED) is 0.779. The van der Waals surface area contributed by atoms with Crippen LogP contribution in [0.1, 0.15) is 18.0 Å². The molecular formula is C20H18ClF2N3O3. The number of carbonyl (C=O) groups excluding carboxylic acids is 3. The van der Waals surface area contributed by atoms with E-state index < -0.39 is 35.4 Å². The van der Waals surface area contributed by atoms with E-state index in [1.165, 1.54) is 18.0 Å². The van der Waals surface area contributed by atoms with Crippen LogP contribution in [0.4, 0.5) is 14.5 Å². The van der Waals surface area contributed by atoms with Crippen LogP contribution in [-0.4, -0.2) is 31.3 Å². The lowest BCUT2D eigenvalue weighted by Crippen LogP contribution is -2.42. The molecule has 1 fully saturated rings. The molecule has 152 valence electrons. The second-order valence-electron chi connectivity index (χ2n) is 6.61. The first-order valence-corrected chi connectivity index (χ1v) is 9.20. The van der Waals surface area contributed by atoms with Gasteiger partial charge in [-0.05, 0) is 42.0 Å². The normalized spacial score (nSPS) is 17.2. The zero-order valence-electron chi connectivity index (χ0n) is 15.4. The van der Waals surface area contributed by atoms with E-state index in [9.17, 15) is 23.2 Å². The van der Waals surface area contributed by atoms with Gasteiger partial charge in [-0.25, -0.2) is 8.78 Å². The van der Waals surface area contributed by atoms with E-state index in [1.54, 1.807) is 24.3 Å². The number of nitrogens with one attached hydrogen (secondary N) is 2. The summed E-state index contributed by atoms with van der Waals surface area (Å²) in [6.07, 6.45) is -0.0350. The van der Waals surface area contributed by atoms with E-state index in [1.807, 2.05) is 0 Å². The second kappa shape index (κ2) is 8.57. The van der Waals surface area contributed by atoms with Crippen LogP contribution in [0.15, 0.2) is 42.5 Å². The van der Waals surface area contributed by atoms with Crippen LogP contribution in [0.5, 0.6) is 0 Å². The summed E-state index contributed by atoms with van der Waals surface area (Å²) in [6.45, 7) is 0.130. The van der Waals surface area contributed by atoms with Crippen molar-refractivity contribution in [2.24, 2.45) is 5.92 Å². The van der Waals surface area contributed by atoms with Gasteiger partial charge in [0, 0.05) is 30.7 Å². The average Bonchev–Trinajstić information content (AvgIpc) is 3.10. The lowest BCUT2D eigenvalue weighted by Gasteiger charge is -2.20. The molecule has 2 N–H and O–H groups in total. The molecule has 3 rings (SSSR count). The Hall–Kier alpha value is -3.00. The minimum Gasteiger partial charge on any atom is -0.357 e. The van der Waals surface area contributed by atoms with Crippen LogP contribution in [0.2, 0.25) is 5.02 Å². The number of nitrogens with zero attached hydrogens (tertiary/aromatic N) is 1. The van der Waals surface area contributed by atoms with Gasteiger partial charge in [0.1, 0.15) is 6.04 Å². The third kappa shape index (κ3) is 4.54. The Bertz CT molecular complexity index is 952. The number of carbonyl (C=O) groups is 3. The van der Waals surface area contributed by atoms with E-state index in [-0.39, 0.29) is 24.4 Å². The minimum absolute atomic E-state index is 0.0350. The van der Waals surface area contributed by atoms with Gasteiger partial charge in [0.15, 0.2) is 11.6 Å². The standard InChI is InChI=1S/C20H18ClF2N3O3/c1-24-20(29)18(11-2-7-15(22)16(23)8-11)25-19(28)12-9-17(27)26(10-12)14-5-3-13(21)4-6-14/h2-8,12,18H,9-10H2,1H3,(H,24,29)(H,25,28). The first-order valence-electron chi connectivity index (χ1n) is 8.83. The van der Waals surface area contributed by atoms with Gasteiger partial charge in [0.05, 0.1) is 5.92 Å². The number of benzene rings is 2. The summed E-state index contributed by atoms with van der Waals surface area (Å²) >= 11 is 5.86. The number of hydrogen-bond acceptors (Lipinski definition) is 3. The summed E-state index contributed by atoms with van der Waals surface area (Å²) in [4.78, 5) is 38.7. The third-order valence-electron chi connectivity index (χ3n) is 4.71. The van der Waals surface area contributed by atoms with Gasteiger partial charge < -0.3 is 15.5 Å². The first-order chi connectivity index (χ1) is 13.8. The number of rotatable bonds is 5. The lowest BCUT2D eigenvalue weighted by molar-refractivity contribution is -0.131. The summed E-state index contributed by atoms with van der Waals surface area (Å²) in [7, 11) is 1.36. The smallest absolute Gasteiger partial charge is 0.246 e. The molecule has 3 amide bonds. The van der Waals surface area contributed by atoms with Crippen LogP contribution in [0.25, 0.3) is 0 Å². The van der Waals surface area contributed by atoms with Crippen LogP contribution in [-0.2, 0) is 14.4 Å². The molecule has 0 saturated carbocycles. The predicted octanol–water partition coefficient (Wildman–Crippen LogP) is 2.57. The van der Waals surface area contributed by atoms with Crippen molar-refractivity contribution >= 4 is 35.0 Å². The van der Waals surface area contributed by atoms with E-state index in [0.717, 1.165) is 12.1 Å². The van der Waals surface area contributed by atoms with Crippen LogP contribution in [0.3, 0.4) is 0 Å². The SMILES string of the molecule is CNC(=O)C(NC(=O)C1CC(=O)N(c2ccc(Cl)cc2)C1)c1ccc(F)c(F)c1. The highest BCUT2D eigenvalue weighted by Crippen LogP contribution is 2.27. The van der Waals surface area contributed by atoms with Gasteiger partial charge in [-0.3, -0.25) is 14.4 Å². The number of amides is 3. The fourth-order valence-electron chi connectivity index (χ4n) is 3.15. The fourth-order valence-corrected chi connectivity index (χ4v) is 3.28. The van der Waals surface area contributed by atoms with Gasteiger partial charge in [-0.15, -0.1) is 0 Å². The van der Waals surface area contributed by atoms with Crippen molar-refractivity contribution < 1.29 is 23.2 Å². The van der Waals surface area contributed by atoms with E-state index in [0.29, 0.717) is 10.7 Å². The highest BCUT2D eigenvalue weighted by Gasteiger charge is 2.36. The van der Waals surface area contributed by atoms with E-state index in [4.69, 9.17) is 11.6 Å². The molecule has 1 aliphatic rings. The van der Waals surface area contributed by atoms with Gasteiger partial charge in [0.2, 0.25) is 17.7 Å². The molecule has 0 aliphatic carbocycles. The molecule has 1 aliphatic heterocycles. The van der Waals surface area contributed by atoms with Crippen molar-refractivity contribution in [3.63, 3.8) is 0 Å². The molecule has 0 radical (unpaired) electrons. The molecule has 1 heterocycles. The Morgan fingerprint density at radius 1 is 1.14 bits per heavy atom. The molecule has 2 aromatic rings. The monoisotopic (exact) mass is 421 g/mol. The summed E-state index contributed by atoms with van der Waals surface area (Å²) in [6, 6.07) is 8.37. The molecule has 9 heteroatoms. The summed E-state index contributed by atoms with van der Waals surface area (Å²) in [5.74, 6) is -4.25. The van der Waals surface area contributed by atoms with Crippen molar-refractivity contribution in [1.29, 1.82) is 0 Å². The predicted molar refractivity (Wildman–Crippen MR) is 103 cm³/mol. The van der Waals surface area contributed by atoms with Crippen molar-refractivity contribution in [2.45, 2.75) is 12.5 Å². The molecule has 2 aromatic carbocycles. The maximum absolute atomic E-state index is 13.6. The molecule has 6 nitrogen and oxygen atoms in total. The molecule has 2 unspecified atom stereocenters. The lowest BCUT2D eigenvalue weighted by atomic mass is 10.0. The highest BCUT2D eigenvalue weighted by atomic mass is 35.5. The van der Waals surface area contributed by atoms with Crippen LogP contribution >= 0.6 is 11.6 Å². The van der Waals surface area contributed by atoms with Crippen molar-refractivity contribution in [2.75, 3.05) is 18.5 Å². The Balaban J connectivity index is 1.76. The largest absolute Gasteiger partial charge is 0.357 e. The first kappa shape index (κ1) is 20.7. The Labute approximate surface area is 170 Å².